The third-order valence-corrected chi connectivity index (χ3v) is 6.66. The molecule has 0 saturated heterocycles. The zero-order valence-corrected chi connectivity index (χ0v) is 17.8. The Morgan fingerprint density at radius 1 is 0.966 bits per heavy atom. The van der Waals surface area contributed by atoms with Gasteiger partial charge in [-0.3, -0.25) is 4.79 Å². The minimum absolute atomic E-state index is 0.106. The van der Waals surface area contributed by atoms with Crippen molar-refractivity contribution in [1.29, 1.82) is 0 Å². The summed E-state index contributed by atoms with van der Waals surface area (Å²) in [6.07, 6.45) is -0.106. The van der Waals surface area contributed by atoms with Gasteiger partial charge in [0.2, 0.25) is 5.91 Å². The largest absolute Gasteiger partial charge is 0.486 e. The molecule has 1 atom stereocenters. The average molecular weight is 418 g/mol. The summed E-state index contributed by atoms with van der Waals surface area (Å²) >= 11 is 0. The molecule has 1 aliphatic rings. The topological polar surface area (TPSA) is 81.7 Å². The molecule has 0 aromatic heterocycles. The van der Waals surface area contributed by atoms with Gasteiger partial charge in [-0.25, -0.2) is 8.42 Å². The molecule has 1 amide bonds. The summed E-state index contributed by atoms with van der Waals surface area (Å²) < 4.78 is 36.1. The van der Waals surface area contributed by atoms with E-state index in [1.165, 1.54) is 17.7 Å². The van der Waals surface area contributed by atoms with E-state index < -0.39 is 9.84 Å². The molecule has 0 spiro atoms. The van der Waals surface area contributed by atoms with Crippen LogP contribution in [0.2, 0.25) is 0 Å². The predicted octanol–water partition coefficient (Wildman–Crippen LogP) is 3.62. The van der Waals surface area contributed by atoms with Crippen LogP contribution in [0.5, 0.6) is 11.5 Å². The molecule has 0 fully saturated rings. The zero-order chi connectivity index (χ0) is 21.0. The van der Waals surface area contributed by atoms with Gasteiger partial charge in [0.1, 0.15) is 13.2 Å². The number of amides is 1. The Bertz CT molecular complexity index is 967. The van der Waals surface area contributed by atoms with E-state index in [-0.39, 0.29) is 29.0 Å². The van der Waals surface area contributed by atoms with E-state index in [2.05, 4.69) is 31.3 Å². The fourth-order valence-corrected chi connectivity index (χ4v) is 4.38. The number of hydrogen-bond acceptors (Lipinski definition) is 5. The molecule has 6 nitrogen and oxygen atoms in total. The fourth-order valence-electron chi connectivity index (χ4n) is 3.13. The fraction of sp³-hybridized carbons (Fsp3) is 0.409. The first-order valence-electron chi connectivity index (χ1n) is 9.78. The van der Waals surface area contributed by atoms with Gasteiger partial charge in [0, 0.05) is 12.5 Å². The molecule has 1 aliphatic heterocycles. The highest BCUT2D eigenvalue weighted by molar-refractivity contribution is 7.91. The average Bonchev–Trinajstić information content (AvgIpc) is 2.72. The summed E-state index contributed by atoms with van der Waals surface area (Å²) in [5, 5.41) is 2.87. The molecule has 0 bridgehead atoms. The molecular weight excluding hydrogens is 390 g/mol. The molecular formula is C22H27NO5S. The van der Waals surface area contributed by atoms with Crippen LogP contribution in [0.4, 0.5) is 0 Å². The molecule has 3 rings (SSSR count). The highest BCUT2D eigenvalue weighted by Gasteiger charge is 2.21. The van der Waals surface area contributed by atoms with Crippen LogP contribution in [-0.4, -0.2) is 33.3 Å². The smallest absolute Gasteiger partial charge is 0.221 e. The molecule has 7 heteroatoms. The maximum Gasteiger partial charge on any atom is 0.221 e. The first-order chi connectivity index (χ1) is 13.8. The summed E-state index contributed by atoms with van der Waals surface area (Å²) in [5.74, 6) is 0.828. The molecule has 1 heterocycles. The van der Waals surface area contributed by atoms with E-state index in [0.29, 0.717) is 30.6 Å². The molecule has 156 valence electrons. The van der Waals surface area contributed by atoms with Crippen molar-refractivity contribution >= 4 is 15.7 Å². The first-order valence-corrected chi connectivity index (χ1v) is 11.4. The van der Waals surface area contributed by atoms with Gasteiger partial charge in [-0.1, -0.05) is 38.1 Å². The van der Waals surface area contributed by atoms with Crippen LogP contribution in [0.1, 0.15) is 50.3 Å². The lowest BCUT2D eigenvalue weighted by Crippen LogP contribution is -2.28. The van der Waals surface area contributed by atoms with Crippen LogP contribution in [0.25, 0.3) is 0 Å². The minimum atomic E-state index is -3.60. The van der Waals surface area contributed by atoms with Gasteiger partial charge in [0.15, 0.2) is 21.3 Å². The van der Waals surface area contributed by atoms with Crippen molar-refractivity contribution in [2.45, 2.75) is 44.0 Å². The van der Waals surface area contributed by atoms with E-state index in [1.54, 1.807) is 6.07 Å². The second-order valence-corrected chi connectivity index (χ2v) is 9.59. The number of benzene rings is 2. The van der Waals surface area contributed by atoms with Crippen molar-refractivity contribution in [3.05, 3.63) is 53.6 Å². The lowest BCUT2D eigenvalue weighted by atomic mass is 9.99. The van der Waals surface area contributed by atoms with Crippen LogP contribution in [-0.2, 0) is 14.6 Å². The highest BCUT2D eigenvalue weighted by atomic mass is 32.2. The Labute approximate surface area is 172 Å². The van der Waals surface area contributed by atoms with Gasteiger partial charge in [0.05, 0.1) is 16.7 Å². The number of sulfone groups is 1. The maximum absolute atomic E-state index is 12.6. The van der Waals surface area contributed by atoms with Crippen LogP contribution in [0.15, 0.2) is 47.4 Å². The number of rotatable bonds is 7. The van der Waals surface area contributed by atoms with Crippen molar-refractivity contribution in [1.82, 2.24) is 5.32 Å². The standard InChI is InChI=1S/C22H27NO5S/c1-15(2)17-4-6-18(7-5-17)16(3)23-22(24)10-13-29(25,26)19-8-9-20-21(14-19)28-12-11-27-20/h4-9,14-16H,10-13H2,1-3H3,(H,23,24)/t16-/m0/s1. The van der Waals surface area contributed by atoms with Crippen molar-refractivity contribution in [2.75, 3.05) is 19.0 Å². The van der Waals surface area contributed by atoms with Gasteiger partial charge in [0.25, 0.3) is 0 Å². The molecule has 0 radical (unpaired) electrons. The highest BCUT2D eigenvalue weighted by Crippen LogP contribution is 2.32. The first kappa shape index (κ1) is 21.2. The monoisotopic (exact) mass is 417 g/mol. The van der Waals surface area contributed by atoms with Gasteiger partial charge in [-0.15, -0.1) is 0 Å². The summed E-state index contributed by atoms with van der Waals surface area (Å²) in [6.45, 7) is 6.97. The van der Waals surface area contributed by atoms with E-state index in [9.17, 15) is 13.2 Å². The Kier molecular flexibility index (Phi) is 6.47. The summed E-state index contributed by atoms with van der Waals surface area (Å²) in [5.41, 5.74) is 2.22. The third-order valence-electron chi connectivity index (χ3n) is 4.95. The molecule has 29 heavy (non-hydrogen) atoms. The second-order valence-electron chi connectivity index (χ2n) is 7.48. The Hall–Kier alpha value is -2.54. The predicted molar refractivity (Wildman–Crippen MR) is 111 cm³/mol. The molecule has 2 aromatic rings. The maximum atomic E-state index is 12.6. The molecule has 0 saturated carbocycles. The zero-order valence-electron chi connectivity index (χ0n) is 17.0. The van der Waals surface area contributed by atoms with Gasteiger partial charge < -0.3 is 14.8 Å². The minimum Gasteiger partial charge on any atom is -0.486 e. The number of nitrogens with one attached hydrogen (secondary N) is 1. The van der Waals surface area contributed by atoms with E-state index in [1.807, 2.05) is 19.1 Å². The van der Waals surface area contributed by atoms with E-state index in [4.69, 9.17) is 9.47 Å². The number of ether oxygens (including phenoxy) is 2. The van der Waals surface area contributed by atoms with Crippen LogP contribution in [0.3, 0.4) is 0 Å². The Morgan fingerprint density at radius 2 is 1.59 bits per heavy atom. The second kappa shape index (κ2) is 8.86. The Balaban J connectivity index is 1.58. The lowest BCUT2D eigenvalue weighted by molar-refractivity contribution is -0.121. The Morgan fingerprint density at radius 3 is 2.24 bits per heavy atom. The quantitative estimate of drug-likeness (QED) is 0.744. The molecule has 0 aliphatic carbocycles. The van der Waals surface area contributed by atoms with Crippen molar-refractivity contribution < 1.29 is 22.7 Å². The molecule has 2 aromatic carbocycles. The van der Waals surface area contributed by atoms with E-state index >= 15 is 0 Å². The van der Waals surface area contributed by atoms with Gasteiger partial charge in [-0.05, 0) is 36.1 Å². The van der Waals surface area contributed by atoms with Crippen molar-refractivity contribution in [2.24, 2.45) is 0 Å². The van der Waals surface area contributed by atoms with Gasteiger partial charge >= 0.3 is 0 Å². The summed E-state index contributed by atoms with van der Waals surface area (Å²) in [4.78, 5) is 12.4. The number of carbonyl (C=O) groups is 1. The third kappa shape index (κ3) is 5.29. The number of fused-ring (bicyclic) bond motifs is 1. The van der Waals surface area contributed by atoms with E-state index in [0.717, 1.165) is 5.56 Å². The van der Waals surface area contributed by atoms with Crippen LogP contribution in [0, 0.1) is 0 Å². The molecule has 0 unspecified atom stereocenters. The van der Waals surface area contributed by atoms with Crippen molar-refractivity contribution in [3.63, 3.8) is 0 Å². The van der Waals surface area contributed by atoms with Gasteiger partial charge in [-0.2, -0.15) is 0 Å². The number of carbonyl (C=O) groups excluding carboxylic acids is 1. The normalized spacial score (nSPS) is 14.5. The van der Waals surface area contributed by atoms with Crippen molar-refractivity contribution in [3.8, 4) is 11.5 Å². The van der Waals surface area contributed by atoms with Crippen LogP contribution < -0.4 is 14.8 Å². The summed E-state index contributed by atoms with van der Waals surface area (Å²) in [7, 11) is -3.60. The summed E-state index contributed by atoms with van der Waals surface area (Å²) in [6, 6.07) is 12.4. The molecule has 1 N–H and O–H groups in total. The number of hydrogen-bond donors (Lipinski definition) is 1. The van der Waals surface area contributed by atoms with Crippen LogP contribution >= 0.6 is 0 Å². The SMILES string of the molecule is CC(C)c1ccc([C@H](C)NC(=O)CCS(=O)(=O)c2ccc3c(c2)OCCO3)cc1. The lowest BCUT2D eigenvalue weighted by Gasteiger charge is -2.19.